The van der Waals surface area contributed by atoms with E-state index in [2.05, 4.69) is 20.1 Å². The third kappa shape index (κ3) is 4.10. The molecule has 0 saturated carbocycles. The minimum atomic E-state index is -1.50. The summed E-state index contributed by atoms with van der Waals surface area (Å²) in [5.74, 6) is 0.363. The largest absolute Gasteiger partial charge is 0.460 e. The quantitative estimate of drug-likeness (QED) is 0.562. The maximum Gasteiger partial charge on any atom is 0.307 e. The second kappa shape index (κ2) is 8.07. The van der Waals surface area contributed by atoms with Crippen molar-refractivity contribution in [2.24, 2.45) is 0 Å². The lowest BCUT2D eigenvalue weighted by Crippen LogP contribution is -2.14. The minimum Gasteiger partial charge on any atom is -0.460 e. The number of alkyl halides is 1. The maximum atomic E-state index is 13.7. The Bertz CT molecular complexity index is 1020. The first-order chi connectivity index (χ1) is 13.9. The number of imidazole rings is 1. The average Bonchev–Trinajstić information content (AvgIpc) is 2.88. The monoisotopic (exact) mass is 414 g/mol. The fraction of sp³-hybridized carbons (Fsp3) is 0.333. The number of hydrogen-bond acceptors (Lipinski definition) is 4. The van der Waals surface area contributed by atoms with Gasteiger partial charge < -0.3 is 14.0 Å². The second-order valence-electron chi connectivity index (χ2n) is 7.35. The molecule has 0 N–H and O–H groups in total. The Morgan fingerprint density at radius 3 is 3.07 bits per heavy atom. The van der Waals surface area contributed by atoms with Gasteiger partial charge in [0.05, 0.1) is 12.1 Å². The van der Waals surface area contributed by atoms with Gasteiger partial charge in [-0.1, -0.05) is 23.1 Å². The summed E-state index contributed by atoms with van der Waals surface area (Å²) < 4.78 is 26.5. The number of hydrogen-bond donors (Lipinski definition) is 0. The van der Waals surface area contributed by atoms with Gasteiger partial charge in [0, 0.05) is 29.6 Å². The van der Waals surface area contributed by atoms with Crippen molar-refractivity contribution in [2.75, 3.05) is 0 Å². The van der Waals surface area contributed by atoms with Gasteiger partial charge in [0.15, 0.2) is 0 Å². The van der Waals surface area contributed by atoms with Crippen LogP contribution in [0.15, 0.2) is 29.7 Å². The van der Waals surface area contributed by atoms with E-state index in [1.807, 2.05) is 10.6 Å². The van der Waals surface area contributed by atoms with Crippen molar-refractivity contribution in [3.05, 3.63) is 57.5 Å². The number of aromatic nitrogens is 2. The molecule has 0 fully saturated rings. The molecule has 0 aliphatic carbocycles. The van der Waals surface area contributed by atoms with Gasteiger partial charge in [-0.2, -0.15) is 0 Å². The molecule has 5 nitrogen and oxygen atoms in total. The Morgan fingerprint density at radius 1 is 1.45 bits per heavy atom. The number of cyclic esters (lactones) is 1. The highest BCUT2D eigenvalue weighted by atomic mass is 35.5. The summed E-state index contributed by atoms with van der Waals surface area (Å²) in [7, 11) is 2.07. The fourth-order valence-corrected chi connectivity index (χ4v) is 4.01. The molecular weight excluding hydrogens is 394 g/mol. The number of ether oxygens (including phenoxy) is 2. The number of fused-ring (bicyclic) bond motifs is 3. The highest BCUT2D eigenvalue weighted by Crippen LogP contribution is 2.41. The molecule has 0 amide bonds. The standard InChI is InChI=1S/C21H21BClFN2O3/c1-12(24)29-18-7-6-14(23)8-15(18)16-9-20(27)28-11-17-21(16)26-10-13(22)4-2-3-5-19(26)25-17/h3,5-8,10,12,16H,2,4,9,11,22H2,1H3/b5-3-,13-10+. The van der Waals surface area contributed by atoms with Gasteiger partial charge in [-0.25, -0.2) is 9.37 Å². The number of rotatable bonds is 3. The van der Waals surface area contributed by atoms with Crippen LogP contribution in [0.25, 0.3) is 12.3 Å². The first-order valence-corrected chi connectivity index (χ1v) is 10.0. The molecule has 0 radical (unpaired) electrons. The summed E-state index contributed by atoms with van der Waals surface area (Å²) in [5, 5.41) is 0.483. The molecular formula is C21H21BClFN2O3. The Labute approximate surface area is 174 Å². The summed E-state index contributed by atoms with van der Waals surface area (Å²) in [6.45, 7) is 1.41. The molecule has 0 spiro atoms. The molecule has 29 heavy (non-hydrogen) atoms. The smallest absolute Gasteiger partial charge is 0.307 e. The second-order valence-corrected chi connectivity index (χ2v) is 7.79. The van der Waals surface area contributed by atoms with Crippen LogP contribution < -0.4 is 4.74 Å². The Morgan fingerprint density at radius 2 is 2.28 bits per heavy atom. The lowest BCUT2D eigenvalue weighted by molar-refractivity contribution is -0.144. The first-order valence-electron chi connectivity index (χ1n) is 9.63. The zero-order valence-electron chi connectivity index (χ0n) is 16.3. The van der Waals surface area contributed by atoms with E-state index in [0.29, 0.717) is 22.0 Å². The van der Waals surface area contributed by atoms with E-state index in [-0.39, 0.29) is 19.0 Å². The number of carbonyl (C=O) groups excluding carboxylic acids is 1. The first kappa shape index (κ1) is 19.8. The molecule has 0 saturated heterocycles. The number of esters is 1. The van der Waals surface area contributed by atoms with Gasteiger partial charge in [-0.05, 0) is 37.1 Å². The topological polar surface area (TPSA) is 53.4 Å². The van der Waals surface area contributed by atoms with Crippen molar-refractivity contribution in [3.63, 3.8) is 0 Å². The molecule has 0 bridgehead atoms. The number of benzene rings is 1. The van der Waals surface area contributed by atoms with Crippen LogP contribution >= 0.6 is 11.6 Å². The van der Waals surface area contributed by atoms with E-state index >= 15 is 0 Å². The third-order valence-corrected chi connectivity index (χ3v) is 5.32. The van der Waals surface area contributed by atoms with Crippen LogP contribution in [0.1, 0.15) is 54.9 Å². The van der Waals surface area contributed by atoms with Crippen LogP contribution in [-0.4, -0.2) is 29.7 Å². The minimum absolute atomic E-state index is 0.0894. The van der Waals surface area contributed by atoms with Crippen LogP contribution in [-0.2, 0) is 16.1 Å². The number of halogens is 2. The predicted molar refractivity (Wildman–Crippen MR) is 112 cm³/mol. The van der Waals surface area contributed by atoms with Crippen LogP contribution in [0.3, 0.4) is 0 Å². The molecule has 1 aromatic heterocycles. The van der Waals surface area contributed by atoms with E-state index in [4.69, 9.17) is 26.1 Å². The van der Waals surface area contributed by atoms with Gasteiger partial charge in [-0.3, -0.25) is 4.79 Å². The molecule has 2 atom stereocenters. The van der Waals surface area contributed by atoms with Gasteiger partial charge >= 0.3 is 5.97 Å². The molecule has 1 aromatic carbocycles. The molecule has 150 valence electrons. The van der Waals surface area contributed by atoms with Crippen molar-refractivity contribution in [3.8, 4) is 5.75 Å². The lowest BCUT2D eigenvalue weighted by atomic mass is 9.89. The number of allylic oxidation sites excluding steroid dienone is 2. The predicted octanol–water partition coefficient (Wildman–Crippen LogP) is 4.05. The molecule has 2 aromatic rings. The van der Waals surface area contributed by atoms with Crippen molar-refractivity contribution >= 4 is 37.7 Å². The van der Waals surface area contributed by atoms with E-state index in [1.165, 1.54) is 12.4 Å². The summed E-state index contributed by atoms with van der Waals surface area (Å²) in [6.07, 6.45) is 6.60. The van der Waals surface area contributed by atoms with E-state index in [9.17, 15) is 9.18 Å². The Kier molecular flexibility index (Phi) is 5.50. The molecule has 3 heterocycles. The van der Waals surface area contributed by atoms with Gasteiger partial charge in [0.25, 0.3) is 0 Å². The third-order valence-electron chi connectivity index (χ3n) is 5.08. The zero-order chi connectivity index (χ0) is 20.5. The van der Waals surface area contributed by atoms with Gasteiger partial charge in [0.1, 0.15) is 31.7 Å². The van der Waals surface area contributed by atoms with Crippen molar-refractivity contribution in [1.29, 1.82) is 0 Å². The highest BCUT2D eigenvalue weighted by molar-refractivity contribution is 6.30. The van der Waals surface area contributed by atoms with Crippen molar-refractivity contribution in [2.45, 2.75) is 45.1 Å². The van der Waals surface area contributed by atoms with Gasteiger partial charge in [0.2, 0.25) is 6.36 Å². The van der Waals surface area contributed by atoms with Crippen molar-refractivity contribution in [1.82, 2.24) is 9.55 Å². The van der Waals surface area contributed by atoms with Crippen molar-refractivity contribution < 1.29 is 18.7 Å². The highest BCUT2D eigenvalue weighted by Gasteiger charge is 2.33. The molecule has 2 unspecified atom stereocenters. The average molecular weight is 415 g/mol. The van der Waals surface area contributed by atoms with Gasteiger partial charge in [-0.15, -0.1) is 0 Å². The lowest BCUT2D eigenvalue weighted by Gasteiger charge is -2.21. The summed E-state index contributed by atoms with van der Waals surface area (Å²) in [5.41, 5.74) is 3.37. The fourth-order valence-electron chi connectivity index (χ4n) is 3.83. The van der Waals surface area contributed by atoms with Crippen LogP contribution in [0, 0.1) is 0 Å². The van der Waals surface area contributed by atoms with E-state index < -0.39 is 12.3 Å². The molecule has 8 heteroatoms. The summed E-state index contributed by atoms with van der Waals surface area (Å²) >= 11 is 6.25. The van der Waals surface area contributed by atoms with E-state index in [0.717, 1.165) is 24.4 Å². The number of nitrogens with zero attached hydrogens (tertiary/aromatic N) is 2. The SMILES string of the molecule is B/C1=C/n2c(nc3c2C(c2cc(Cl)ccc2OC(C)F)CC(=O)OC3)/C=C\CC1. The maximum absolute atomic E-state index is 13.7. The summed E-state index contributed by atoms with van der Waals surface area (Å²) in [6, 6.07) is 5.00. The zero-order valence-corrected chi connectivity index (χ0v) is 17.1. The molecule has 2 aliphatic rings. The number of carbonyl (C=O) groups is 1. The Hall–Kier alpha value is -2.54. The normalized spacial score (nSPS) is 22.7. The molecule has 4 rings (SSSR count). The van der Waals surface area contributed by atoms with Crippen LogP contribution in [0.2, 0.25) is 5.02 Å². The Balaban J connectivity index is 1.93. The van der Waals surface area contributed by atoms with Crippen LogP contribution in [0.4, 0.5) is 4.39 Å². The summed E-state index contributed by atoms with van der Waals surface area (Å²) in [4.78, 5) is 17.1. The van der Waals surface area contributed by atoms with Crippen LogP contribution in [0.5, 0.6) is 5.75 Å². The van der Waals surface area contributed by atoms with E-state index in [1.54, 1.807) is 18.2 Å². The molecule has 2 aliphatic heterocycles.